The Morgan fingerprint density at radius 2 is 1.84 bits per heavy atom. The first-order chi connectivity index (χ1) is 23.8. The molecule has 1 saturated heterocycles. The van der Waals surface area contributed by atoms with Crippen LogP contribution in [0.25, 0.3) is 21.6 Å². The number of aromatic nitrogens is 6. The van der Waals surface area contributed by atoms with Gasteiger partial charge in [-0.3, -0.25) is 24.3 Å². The van der Waals surface area contributed by atoms with E-state index in [1.54, 1.807) is 16.4 Å². The Balaban J connectivity index is 1.29. The molecular formula is C32H29ClF3N9O4S. The number of alkyl halides is 3. The predicted molar refractivity (Wildman–Crippen MR) is 181 cm³/mol. The van der Waals surface area contributed by atoms with E-state index >= 15 is 0 Å². The number of rotatable bonds is 6. The van der Waals surface area contributed by atoms with Gasteiger partial charge in [-0.2, -0.15) is 18.3 Å². The monoisotopic (exact) mass is 727 g/mol. The van der Waals surface area contributed by atoms with E-state index < -0.39 is 34.4 Å². The molecule has 260 valence electrons. The minimum Gasteiger partial charge on any atom is -0.360 e. The van der Waals surface area contributed by atoms with Gasteiger partial charge in [-0.05, 0) is 51.3 Å². The number of pyridine rings is 1. The van der Waals surface area contributed by atoms with E-state index in [4.69, 9.17) is 16.6 Å². The zero-order valence-corrected chi connectivity index (χ0v) is 28.5. The molecule has 1 aliphatic heterocycles. The Kier molecular flexibility index (Phi) is 8.37. The molecule has 18 heteroatoms. The number of carbonyl (C=O) groups is 2. The highest BCUT2D eigenvalue weighted by atomic mass is 35.5. The number of hydrogen-bond acceptors (Lipinski definition) is 10. The van der Waals surface area contributed by atoms with Crippen LogP contribution < -0.4 is 21.1 Å². The number of thiazole rings is 1. The van der Waals surface area contributed by atoms with Crippen molar-refractivity contribution in [2.45, 2.75) is 64.8 Å². The molecule has 0 unspecified atom stereocenters. The number of nitrogens with one attached hydrogen (secondary N) is 2. The standard InChI is InChI=1S/C32H29ClF3N9O4S/c1-4-20-25(43-9-10-44(22-8-7-21(22)43)31(49)17-12-37-42-14(2)26(17)47)27(48)24-29(41-30-28(40-24)38-15(3)50-30)45(20)13-23(46)39-19-6-5-16(11-18(19)33)32(34,35)36/h5-6,11-12,21-22H,4,7-10,13H2,1-3H3,(H,37,47)(H,39,46)/t21-,22-/m0/s1. The lowest BCUT2D eigenvalue weighted by molar-refractivity contribution is -0.137. The van der Waals surface area contributed by atoms with Crippen molar-refractivity contribution in [3.8, 4) is 0 Å². The van der Waals surface area contributed by atoms with Gasteiger partial charge >= 0.3 is 6.18 Å². The summed E-state index contributed by atoms with van der Waals surface area (Å²) in [5.74, 6) is -1.03. The topological polar surface area (TPSA) is 159 Å². The zero-order valence-electron chi connectivity index (χ0n) is 26.9. The van der Waals surface area contributed by atoms with E-state index in [0.29, 0.717) is 40.5 Å². The van der Waals surface area contributed by atoms with Crippen molar-refractivity contribution in [3.05, 3.63) is 77.4 Å². The molecule has 1 saturated carbocycles. The van der Waals surface area contributed by atoms with Gasteiger partial charge in [0.05, 0.1) is 27.3 Å². The van der Waals surface area contributed by atoms with Crippen molar-refractivity contribution in [1.29, 1.82) is 0 Å². The fourth-order valence-electron chi connectivity index (χ4n) is 6.73. The molecule has 0 spiro atoms. The Morgan fingerprint density at radius 1 is 1.08 bits per heavy atom. The number of anilines is 2. The fourth-order valence-corrected chi connectivity index (χ4v) is 7.69. The van der Waals surface area contributed by atoms with E-state index in [-0.39, 0.29) is 70.5 Å². The highest BCUT2D eigenvalue weighted by Gasteiger charge is 2.47. The third-order valence-corrected chi connectivity index (χ3v) is 10.4. The smallest absolute Gasteiger partial charge is 0.360 e. The van der Waals surface area contributed by atoms with Gasteiger partial charge in [0, 0.05) is 31.0 Å². The van der Waals surface area contributed by atoms with Crippen LogP contribution in [0.15, 0.2) is 34.0 Å². The Labute approximate surface area is 290 Å². The molecule has 2 atom stereocenters. The summed E-state index contributed by atoms with van der Waals surface area (Å²) in [5, 5.41) is 9.47. The highest BCUT2D eigenvalue weighted by Crippen LogP contribution is 2.38. The van der Waals surface area contributed by atoms with Crippen molar-refractivity contribution in [2.24, 2.45) is 0 Å². The minimum absolute atomic E-state index is 0.00327. The van der Waals surface area contributed by atoms with Crippen LogP contribution in [0.1, 0.15) is 52.1 Å². The van der Waals surface area contributed by atoms with Crippen molar-refractivity contribution < 1.29 is 22.8 Å². The van der Waals surface area contributed by atoms with Crippen LogP contribution in [-0.4, -0.2) is 71.6 Å². The summed E-state index contributed by atoms with van der Waals surface area (Å²) in [6.07, 6.45) is -1.67. The molecule has 1 aromatic carbocycles. The van der Waals surface area contributed by atoms with Gasteiger partial charge in [-0.15, -0.1) is 0 Å². The molecule has 2 amide bonds. The van der Waals surface area contributed by atoms with E-state index in [1.165, 1.54) is 24.5 Å². The maximum Gasteiger partial charge on any atom is 0.416 e. The summed E-state index contributed by atoms with van der Waals surface area (Å²) >= 11 is 7.41. The molecule has 7 rings (SSSR count). The normalized spacial score (nSPS) is 17.6. The number of aromatic amines is 1. The lowest BCUT2D eigenvalue weighted by Crippen LogP contribution is -2.67. The Bertz CT molecular complexity index is 2340. The van der Waals surface area contributed by atoms with Crippen LogP contribution in [0.5, 0.6) is 0 Å². The predicted octanol–water partition coefficient (Wildman–Crippen LogP) is 4.47. The van der Waals surface area contributed by atoms with Gasteiger partial charge in [0.1, 0.15) is 23.5 Å². The lowest BCUT2D eigenvalue weighted by Gasteiger charge is -2.54. The molecular weight excluding hydrogens is 699 g/mol. The van der Waals surface area contributed by atoms with E-state index in [2.05, 4.69) is 25.5 Å². The second-order valence-electron chi connectivity index (χ2n) is 12.2. The maximum atomic E-state index is 14.4. The van der Waals surface area contributed by atoms with Crippen LogP contribution >= 0.6 is 22.9 Å². The molecule has 0 bridgehead atoms. The summed E-state index contributed by atoms with van der Waals surface area (Å²) in [6.45, 7) is 5.28. The SMILES string of the molecule is CCc1c(N2CCN(C(=O)c3c[nH]nc(C)c3=O)[C@H]3CC[C@@H]32)c(=O)c2nc3nc(C)sc3nc2n1CC(=O)Nc1ccc(C(F)(F)F)cc1Cl. The molecule has 13 nitrogen and oxygen atoms in total. The highest BCUT2D eigenvalue weighted by molar-refractivity contribution is 7.18. The molecule has 5 heterocycles. The van der Waals surface area contributed by atoms with Gasteiger partial charge in [0.25, 0.3) is 5.91 Å². The molecule has 2 N–H and O–H groups in total. The van der Waals surface area contributed by atoms with Crippen LogP contribution in [0.3, 0.4) is 0 Å². The van der Waals surface area contributed by atoms with Gasteiger partial charge < -0.3 is 19.7 Å². The third kappa shape index (κ3) is 5.67. The largest absolute Gasteiger partial charge is 0.416 e. The lowest BCUT2D eigenvalue weighted by atomic mass is 9.81. The number of H-pyrrole nitrogens is 1. The summed E-state index contributed by atoms with van der Waals surface area (Å²) in [7, 11) is 0. The molecule has 1 aliphatic carbocycles. The molecule has 5 aromatic rings. The van der Waals surface area contributed by atoms with Crippen molar-refractivity contribution in [1.82, 2.24) is 34.6 Å². The zero-order chi connectivity index (χ0) is 35.6. The number of benzene rings is 1. The van der Waals surface area contributed by atoms with Crippen molar-refractivity contribution >= 4 is 67.8 Å². The number of aryl methyl sites for hydroxylation is 2. The number of carbonyl (C=O) groups excluding carboxylic acids is 2. The van der Waals surface area contributed by atoms with E-state index in [1.807, 2.05) is 11.8 Å². The van der Waals surface area contributed by atoms with Crippen molar-refractivity contribution in [2.75, 3.05) is 23.3 Å². The van der Waals surface area contributed by atoms with Gasteiger partial charge in [-0.1, -0.05) is 29.9 Å². The summed E-state index contributed by atoms with van der Waals surface area (Å²) in [5.41, 5.74) is -0.372. The average molecular weight is 728 g/mol. The third-order valence-electron chi connectivity index (χ3n) is 9.21. The quantitative estimate of drug-likeness (QED) is 0.258. The summed E-state index contributed by atoms with van der Waals surface area (Å²) < 4.78 is 41.2. The second-order valence-corrected chi connectivity index (χ2v) is 13.8. The van der Waals surface area contributed by atoms with E-state index in [0.717, 1.165) is 18.2 Å². The first-order valence-electron chi connectivity index (χ1n) is 15.8. The number of piperazine rings is 1. The Morgan fingerprint density at radius 3 is 2.52 bits per heavy atom. The fraction of sp³-hybridized carbons (Fsp3) is 0.375. The van der Waals surface area contributed by atoms with E-state index in [9.17, 15) is 32.3 Å². The first kappa shape index (κ1) is 33.6. The first-order valence-corrected chi connectivity index (χ1v) is 17.0. The maximum absolute atomic E-state index is 14.4. The molecule has 4 aromatic heterocycles. The van der Waals surface area contributed by atoms with Crippen LogP contribution in [-0.2, 0) is 23.9 Å². The average Bonchev–Trinajstić information content (AvgIpc) is 3.42. The molecule has 2 fully saturated rings. The van der Waals surface area contributed by atoms with Gasteiger partial charge in [0.2, 0.25) is 16.8 Å². The summed E-state index contributed by atoms with van der Waals surface area (Å²) in [4.78, 5) is 72.1. The number of fused-ring (bicyclic) bond motifs is 3. The Hall–Kier alpha value is -4.90. The second kappa shape index (κ2) is 12.5. The van der Waals surface area contributed by atoms with Crippen LogP contribution in [0, 0.1) is 13.8 Å². The van der Waals surface area contributed by atoms with Gasteiger partial charge in [-0.25, -0.2) is 15.0 Å². The van der Waals surface area contributed by atoms with Crippen LogP contribution in [0.4, 0.5) is 24.5 Å². The summed E-state index contributed by atoms with van der Waals surface area (Å²) in [6, 6.07) is 2.11. The number of hydrogen-bond donors (Lipinski definition) is 2. The molecule has 0 radical (unpaired) electrons. The molecule has 2 aliphatic rings. The number of amides is 2. The number of nitrogens with zero attached hydrogens (tertiary/aromatic N) is 7. The number of halogens is 4. The molecule has 50 heavy (non-hydrogen) atoms. The van der Waals surface area contributed by atoms with Crippen LogP contribution in [0.2, 0.25) is 5.02 Å². The minimum atomic E-state index is -4.61. The van der Waals surface area contributed by atoms with Crippen molar-refractivity contribution in [3.63, 3.8) is 0 Å². The van der Waals surface area contributed by atoms with Gasteiger partial charge in [0.15, 0.2) is 21.6 Å².